The second-order valence-corrected chi connectivity index (χ2v) is 6.33. The monoisotopic (exact) mass is 284 g/mol. The summed E-state index contributed by atoms with van der Waals surface area (Å²) in [5.74, 6) is 1.29. The number of imidazole rings is 1. The molecule has 0 spiro atoms. The molecule has 0 saturated carbocycles. The van der Waals surface area contributed by atoms with E-state index in [1.54, 1.807) is 13.1 Å². The molecule has 2 aliphatic heterocycles. The molecule has 2 unspecified atom stereocenters. The Morgan fingerprint density at radius 1 is 1.24 bits per heavy atom. The Labute approximate surface area is 124 Å². The van der Waals surface area contributed by atoms with Gasteiger partial charge >= 0.3 is 0 Å². The van der Waals surface area contributed by atoms with Crippen molar-refractivity contribution in [2.75, 3.05) is 0 Å². The largest absolute Gasteiger partial charge is 0.337 e. The zero-order chi connectivity index (χ0) is 14.6. The number of carbonyl (C=O) groups is 1. The van der Waals surface area contributed by atoms with Gasteiger partial charge in [-0.3, -0.25) is 9.78 Å². The van der Waals surface area contributed by atoms with Gasteiger partial charge < -0.3 is 9.47 Å². The van der Waals surface area contributed by atoms with E-state index >= 15 is 0 Å². The summed E-state index contributed by atoms with van der Waals surface area (Å²) in [6, 6.07) is 3.21. The number of piperidine rings is 1. The van der Waals surface area contributed by atoms with Gasteiger partial charge in [0.15, 0.2) is 0 Å². The summed E-state index contributed by atoms with van der Waals surface area (Å²) in [5, 5.41) is 0. The maximum Gasteiger partial charge on any atom is 0.219 e. The van der Waals surface area contributed by atoms with Crippen molar-refractivity contribution in [3.63, 3.8) is 0 Å². The summed E-state index contributed by atoms with van der Waals surface area (Å²) in [6.45, 7) is 3.77. The number of aryl methyl sites for hydroxylation is 1. The first kappa shape index (κ1) is 12.8. The number of nitrogens with zero attached hydrogens (tertiary/aromatic N) is 4. The van der Waals surface area contributed by atoms with Crippen LogP contribution in [0.3, 0.4) is 0 Å². The molecule has 2 aliphatic rings. The van der Waals surface area contributed by atoms with Gasteiger partial charge in [0.1, 0.15) is 5.82 Å². The molecule has 0 N–H and O–H groups in total. The van der Waals surface area contributed by atoms with Crippen LogP contribution in [0.1, 0.15) is 44.5 Å². The van der Waals surface area contributed by atoms with Crippen LogP contribution in [0.2, 0.25) is 0 Å². The molecule has 0 radical (unpaired) electrons. The van der Waals surface area contributed by atoms with Crippen molar-refractivity contribution in [1.82, 2.24) is 19.4 Å². The summed E-state index contributed by atoms with van der Waals surface area (Å²) in [6.07, 6.45) is 8.07. The summed E-state index contributed by atoms with van der Waals surface area (Å²) < 4.78 is 2.34. The summed E-state index contributed by atoms with van der Waals surface area (Å²) in [5.41, 5.74) is 2.14. The molecule has 4 heterocycles. The second-order valence-electron chi connectivity index (χ2n) is 6.33. The first-order valence-corrected chi connectivity index (χ1v) is 7.72. The van der Waals surface area contributed by atoms with E-state index in [4.69, 9.17) is 0 Å². The number of carbonyl (C=O) groups excluding carboxylic acids is 1. The maximum atomic E-state index is 11.8. The van der Waals surface area contributed by atoms with Gasteiger partial charge in [0, 0.05) is 31.2 Å². The van der Waals surface area contributed by atoms with Crippen molar-refractivity contribution >= 4 is 16.9 Å². The van der Waals surface area contributed by atoms with Crippen LogP contribution in [0.4, 0.5) is 0 Å². The molecule has 5 heteroatoms. The molecule has 1 amide bonds. The van der Waals surface area contributed by atoms with Crippen molar-refractivity contribution in [2.24, 2.45) is 0 Å². The van der Waals surface area contributed by atoms with Crippen LogP contribution in [0.5, 0.6) is 0 Å². The minimum Gasteiger partial charge on any atom is -0.337 e. The number of amides is 1. The van der Waals surface area contributed by atoms with Gasteiger partial charge in [-0.05, 0) is 38.7 Å². The molecule has 2 atom stereocenters. The molecule has 0 aliphatic carbocycles. The maximum absolute atomic E-state index is 11.8. The quantitative estimate of drug-likeness (QED) is 0.808. The fraction of sp³-hybridized carbons (Fsp3) is 0.562. The summed E-state index contributed by atoms with van der Waals surface area (Å²) >= 11 is 0. The number of fused-ring (bicyclic) bond motifs is 3. The Morgan fingerprint density at radius 2 is 1.95 bits per heavy atom. The zero-order valence-electron chi connectivity index (χ0n) is 12.5. The van der Waals surface area contributed by atoms with Gasteiger partial charge in [-0.2, -0.15) is 0 Å². The number of pyridine rings is 1. The highest BCUT2D eigenvalue weighted by atomic mass is 16.2. The Bertz CT molecular complexity index is 693. The highest BCUT2D eigenvalue weighted by Gasteiger charge is 2.43. The smallest absolute Gasteiger partial charge is 0.219 e. The predicted octanol–water partition coefficient (Wildman–Crippen LogP) is 2.45. The van der Waals surface area contributed by atoms with Crippen molar-refractivity contribution in [3.05, 3.63) is 24.3 Å². The highest BCUT2D eigenvalue weighted by Crippen LogP contribution is 2.42. The highest BCUT2D eigenvalue weighted by molar-refractivity contribution is 5.75. The van der Waals surface area contributed by atoms with Crippen LogP contribution in [0.25, 0.3) is 11.0 Å². The second kappa shape index (κ2) is 4.55. The molecular weight excluding hydrogens is 264 g/mol. The minimum atomic E-state index is 0.231. The van der Waals surface area contributed by atoms with E-state index in [1.807, 2.05) is 12.3 Å². The lowest BCUT2D eigenvalue weighted by Crippen LogP contribution is -2.46. The van der Waals surface area contributed by atoms with Crippen molar-refractivity contribution in [3.8, 4) is 0 Å². The standard InChI is InChI=1S/C16H20N4O/c1-10-18-15-5-6-17-9-16(15)19(10)14-7-12-3-4-13(8-14)20(12)11(2)21/h5-6,9,12-14H,3-4,7-8H2,1-2H3. The van der Waals surface area contributed by atoms with E-state index in [9.17, 15) is 4.79 Å². The molecular formula is C16H20N4O. The first-order valence-electron chi connectivity index (χ1n) is 7.72. The van der Waals surface area contributed by atoms with E-state index < -0.39 is 0 Å². The van der Waals surface area contributed by atoms with Gasteiger partial charge in [-0.15, -0.1) is 0 Å². The molecule has 2 aromatic rings. The van der Waals surface area contributed by atoms with Gasteiger partial charge in [-0.1, -0.05) is 0 Å². The summed E-state index contributed by atoms with van der Waals surface area (Å²) in [4.78, 5) is 22.9. The normalized spacial score (nSPS) is 28.3. The lowest BCUT2D eigenvalue weighted by molar-refractivity contribution is -0.133. The molecule has 2 fully saturated rings. The average molecular weight is 284 g/mol. The Hall–Kier alpha value is -1.91. The van der Waals surface area contributed by atoms with E-state index in [2.05, 4.69) is 26.4 Å². The fourth-order valence-corrected chi connectivity index (χ4v) is 4.40. The molecule has 110 valence electrons. The van der Waals surface area contributed by atoms with Crippen molar-refractivity contribution in [2.45, 2.75) is 57.7 Å². The van der Waals surface area contributed by atoms with E-state index in [-0.39, 0.29) is 5.91 Å². The number of rotatable bonds is 1. The minimum absolute atomic E-state index is 0.231. The third-order valence-electron chi connectivity index (χ3n) is 5.11. The van der Waals surface area contributed by atoms with E-state index in [0.29, 0.717) is 18.1 Å². The fourth-order valence-electron chi connectivity index (χ4n) is 4.40. The van der Waals surface area contributed by atoms with Crippen molar-refractivity contribution in [1.29, 1.82) is 0 Å². The molecule has 21 heavy (non-hydrogen) atoms. The summed E-state index contributed by atoms with van der Waals surface area (Å²) in [7, 11) is 0. The van der Waals surface area contributed by atoms with Crippen molar-refractivity contribution < 1.29 is 4.79 Å². The van der Waals surface area contributed by atoms with Crippen LogP contribution < -0.4 is 0 Å². The Morgan fingerprint density at radius 3 is 2.62 bits per heavy atom. The topological polar surface area (TPSA) is 51.0 Å². The van der Waals surface area contributed by atoms with Crippen LogP contribution in [-0.2, 0) is 4.79 Å². The van der Waals surface area contributed by atoms with Crippen LogP contribution in [0, 0.1) is 6.92 Å². The lowest BCUT2D eigenvalue weighted by atomic mass is 9.96. The van der Waals surface area contributed by atoms with Gasteiger partial charge in [0.2, 0.25) is 5.91 Å². The number of aromatic nitrogens is 3. The molecule has 4 rings (SSSR count). The lowest BCUT2D eigenvalue weighted by Gasteiger charge is -2.39. The molecule has 5 nitrogen and oxygen atoms in total. The third-order valence-corrected chi connectivity index (χ3v) is 5.11. The number of hydrogen-bond donors (Lipinski definition) is 0. The zero-order valence-corrected chi connectivity index (χ0v) is 12.5. The predicted molar refractivity (Wildman–Crippen MR) is 79.9 cm³/mol. The SMILES string of the molecule is CC(=O)N1C2CCC1CC(n1c(C)nc3ccncc31)C2. The van der Waals surface area contributed by atoms with Gasteiger partial charge in [-0.25, -0.2) is 4.98 Å². The number of hydrogen-bond acceptors (Lipinski definition) is 3. The van der Waals surface area contributed by atoms with Gasteiger partial charge in [0.05, 0.1) is 17.2 Å². The van der Waals surface area contributed by atoms with E-state index in [1.165, 1.54) is 0 Å². The van der Waals surface area contributed by atoms with Gasteiger partial charge in [0.25, 0.3) is 0 Å². The Balaban J connectivity index is 1.72. The molecule has 2 aromatic heterocycles. The molecule has 2 bridgehead atoms. The Kier molecular flexibility index (Phi) is 2.77. The van der Waals surface area contributed by atoms with Crippen LogP contribution in [-0.4, -0.2) is 37.4 Å². The third kappa shape index (κ3) is 1.87. The molecule has 2 saturated heterocycles. The molecule has 0 aromatic carbocycles. The van der Waals surface area contributed by atoms with Crippen LogP contribution >= 0.6 is 0 Å². The van der Waals surface area contributed by atoms with Crippen LogP contribution in [0.15, 0.2) is 18.5 Å². The van der Waals surface area contributed by atoms with E-state index in [0.717, 1.165) is 42.5 Å². The average Bonchev–Trinajstić information content (AvgIpc) is 2.92. The first-order chi connectivity index (χ1) is 10.1.